The number of benzene rings is 2. The van der Waals surface area contributed by atoms with Crippen LogP contribution in [0.2, 0.25) is 5.02 Å². The molecule has 2 aromatic rings. The average Bonchev–Trinajstić information content (AvgIpc) is 2.64. The van der Waals surface area contributed by atoms with Gasteiger partial charge in [-0.2, -0.15) is 0 Å². The maximum Gasteiger partial charge on any atom is 0.243 e. The lowest BCUT2D eigenvalue weighted by molar-refractivity contribution is -0.124. The van der Waals surface area contributed by atoms with Crippen molar-refractivity contribution < 1.29 is 14.4 Å². The Morgan fingerprint density at radius 1 is 0.926 bits per heavy atom. The molecule has 0 heterocycles. The average molecular weight is 387 g/mol. The Bertz CT molecular complexity index is 878. The van der Waals surface area contributed by atoms with Gasteiger partial charge in [0.25, 0.3) is 0 Å². The highest BCUT2D eigenvalue weighted by atomic mass is 35.5. The SMILES string of the molecule is Cc1ccc(C(=O)CCC(=O)NCC(=O)Nc2cccc(Cl)c2C)cc1C. The summed E-state index contributed by atoms with van der Waals surface area (Å²) in [6.45, 7) is 5.56. The third kappa shape index (κ3) is 5.93. The molecule has 0 aliphatic carbocycles. The lowest BCUT2D eigenvalue weighted by Gasteiger charge is -2.10. The van der Waals surface area contributed by atoms with Crippen LogP contribution in [0.5, 0.6) is 0 Å². The summed E-state index contributed by atoms with van der Waals surface area (Å²) in [5.41, 5.74) is 4.12. The van der Waals surface area contributed by atoms with Crippen molar-refractivity contribution in [2.24, 2.45) is 0 Å². The number of nitrogens with one attached hydrogen (secondary N) is 2. The molecule has 0 saturated carbocycles. The molecule has 0 bridgehead atoms. The summed E-state index contributed by atoms with van der Waals surface area (Å²) in [6.07, 6.45) is 0.137. The quantitative estimate of drug-likeness (QED) is 0.706. The Balaban J connectivity index is 1.78. The second kappa shape index (κ2) is 9.33. The zero-order valence-electron chi connectivity index (χ0n) is 15.7. The van der Waals surface area contributed by atoms with Gasteiger partial charge in [-0.05, 0) is 55.7 Å². The molecule has 5 nitrogen and oxygen atoms in total. The number of rotatable bonds is 7. The van der Waals surface area contributed by atoms with Crippen molar-refractivity contribution in [3.63, 3.8) is 0 Å². The minimum atomic E-state index is -0.353. The molecule has 0 fully saturated rings. The van der Waals surface area contributed by atoms with E-state index in [0.29, 0.717) is 16.3 Å². The highest BCUT2D eigenvalue weighted by Crippen LogP contribution is 2.22. The number of carbonyl (C=O) groups is 3. The van der Waals surface area contributed by atoms with Crippen LogP contribution in [0.15, 0.2) is 36.4 Å². The van der Waals surface area contributed by atoms with E-state index in [1.54, 1.807) is 31.2 Å². The van der Waals surface area contributed by atoms with Gasteiger partial charge in [-0.25, -0.2) is 0 Å². The minimum absolute atomic E-state index is 0.0369. The first-order valence-electron chi connectivity index (χ1n) is 8.70. The maximum absolute atomic E-state index is 12.2. The second-order valence-corrected chi connectivity index (χ2v) is 6.87. The fraction of sp³-hybridized carbons (Fsp3) is 0.286. The van der Waals surface area contributed by atoms with E-state index in [1.165, 1.54) is 0 Å². The van der Waals surface area contributed by atoms with Crippen LogP contribution in [-0.4, -0.2) is 24.1 Å². The van der Waals surface area contributed by atoms with Gasteiger partial charge in [0, 0.05) is 29.1 Å². The smallest absolute Gasteiger partial charge is 0.243 e. The highest BCUT2D eigenvalue weighted by molar-refractivity contribution is 6.31. The first-order chi connectivity index (χ1) is 12.8. The Morgan fingerprint density at radius 2 is 1.67 bits per heavy atom. The van der Waals surface area contributed by atoms with E-state index in [0.717, 1.165) is 16.7 Å². The number of hydrogen-bond donors (Lipinski definition) is 2. The number of carbonyl (C=O) groups excluding carboxylic acids is 3. The largest absolute Gasteiger partial charge is 0.347 e. The number of halogens is 1. The maximum atomic E-state index is 12.2. The molecule has 0 radical (unpaired) electrons. The van der Waals surface area contributed by atoms with E-state index in [1.807, 2.05) is 26.0 Å². The standard InChI is InChI=1S/C21H23ClN2O3/c1-13-7-8-16(11-14(13)2)19(25)9-10-20(26)23-12-21(27)24-18-6-4-5-17(22)15(18)3/h4-8,11H,9-10,12H2,1-3H3,(H,23,26)(H,24,27). The van der Waals surface area contributed by atoms with Crippen molar-refractivity contribution in [2.75, 3.05) is 11.9 Å². The molecule has 0 unspecified atom stereocenters. The third-order valence-corrected chi connectivity index (χ3v) is 4.81. The second-order valence-electron chi connectivity index (χ2n) is 6.46. The van der Waals surface area contributed by atoms with Gasteiger partial charge in [-0.3, -0.25) is 14.4 Å². The van der Waals surface area contributed by atoms with Crippen LogP contribution in [0.1, 0.15) is 39.9 Å². The van der Waals surface area contributed by atoms with Crippen molar-refractivity contribution >= 4 is 34.9 Å². The molecule has 0 aromatic heterocycles. The first-order valence-corrected chi connectivity index (χ1v) is 9.08. The summed E-state index contributed by atoms with van der Waals surface area (Å²) in [4.78, 5) is 36.1. The van der Waals surface area contributed by atoms with Crippen LogP contribution in [0.4, 0.5) is 5.69 Å². The molecule has 0 spiro atoms. The predicted molar refractivity (Wildman–Crippen MR) is 107 cm³/mol. The van der Waals surface area contributed by atoms with Gasteiger partial charge < -0.3 is 10.6 Å². The van der Waals surface area contributed by atoms with E-state index in [-0.39, 0.29) is 37.0 Å². The molecule has 0 saturated heterocycles. The van der Waals surface area contributed by atoms with Crippen molar-refractivity contribution in [3.05, 3.63) is 63.7 Å². The van der Waals surface area contributed by atoms with E-state index in [2.05, 4.69) is 10.6 Å². The lowest BCUT2D eigenvalue weighted by Crippen LogP contribution is -2.33. The molecular formula is C21H23ClN2O3. The van der Waals surface area contributed by atoms with Crippen molar-refractivity contribution in [1.82, 2.24) is 5.32 Å². The molecule has 0 atom stereocenters. The molecule has 142 valence electrons. The van der Waals surface area contributed by atoms with Gasteiger partial charge in [-0.1, -0.05) is 29.8 Å². The zero-order valence-corrected chi connectivity index (χ0v) is 16.4. The Labute approximate surface area is 164 Å². The number of anilines is 1. The molecule has 0 aliphatic heterocycles. The molecule has 27 heavy (non-hydrogen) atoms. The Hall–Kier alpha value is -2.66. The summed E-state index contributed by atoms with van der Waals surface area (Å²) < 4.78 is 0. The fourth-order valence-corrected chi connectivity index (χ4v) is 2.67. The van der Waals surface area contributed by atoms with Crippen LogP contribution in [0.3, 0.4) is 0 Å². The fourth-order valence-electron chi connectivity index (χ4n) is 2.49. The van der Waals surface area contributed by atoms with E-state index < -0.39 is 0 Å². The zero-order chi connectivity index (χ0) is 20.0. The van der Waals surface area contributed by atoms with Crippen LogP contribution in [0, 0.1) is 20.8 Å². The third-order valence-electron chi connectivity index (χ3n) is 4.40. The van der Waals surface area contributed by atoms with Crippen LogP contribution < -0.4 is 10.6 Å². The molecular weight excluding hydrogens is 364 g/mol. The van der Waals surface area contributed by atoms with Gasteiger partial charge in [0.1, 0.15) is 0 Å². The van der Waals surface area contributed by atoms with Gasteiger partial charge in [-0.15, -0.1) is 0 Å². The van der Waals surface area contributed by atoms with E-state index in [9.17, 15) is 14.4 Å². The predicted octanol–water partition coefficient (Wildman–Crippen LogP) is 3.98. The number of Topliss-reactive ketones (excluding diaryl/α,β-unsaturated/α-hetero) is 1. The van der Waals surface area contributed by atoms with Gasteiger partial charge in [0.05, 0.1) is 6.54 Å². The van der Waals surface area contributed by atoms with E-state index in [4.69, 9.17) is 11.6 Å². The van der Waals surface area contributed by atoms with E-state index >= 15 is 0 Å². The summed E-state index contributed by atoms with van der Waals surface area (Å²) >= 11 is 6.01. The summed E-state index contributed by atoms with van der Waals surface area (Å²) in [7, 11) is 0. The highest BCUT2D eigenvalue weighted by Gasteiger charge is 2.12. The Kier molecular flexibility index (Phi) is 7.13. The molecule has 2 rings (SSSR count). The van der Waals surface area contributed by atoms with Crippen LogP contribution in [-0.2, 0) is 9.59 Å². The molecule has 2 N–H and O–H groups in total. The number of ketones is 1. The summed E-state index contributed by atoms with van der Waals surface area (Å²) in [5.74, 6) is -0.786. The summed E-state index contributed by atoms with van der Waals surface area (Å²) in [5, 5.41) is 5.79. The van der Waals surface area contributed by atoms with Crippen molar-refractivity contribution in [1.29, 1.82) is 0 Å². The molecule has 2 aromatic carbocycles. The first kappa shape index (κ1) is 20.6. The Morgan fingerprint density at radius 3 is 2.37 bits per heavy atom. The van der Waals surface area contributed by atoms with Gasteiger partial charge in [0.2, 0.25) is 11.8 Å². The monoisotopic (exact) mass is 386 g/mol. The van der Waals surface area contributed by atoms with Crippen LogP contribution >= 0.6 is 11.6 Å². The van der Waals surface area contributed by atoms with Crippen molar-refractivity contribution in [3.8, 4) is 0 Å². The van der Waals surface area contributed by atoms with Crippen LogP contribution in [0.25, 0.3) is 0 Å². The number of amides is 2. The summed E-state index contributed by atoms with van der Waals surface area (Å²) in [6, 6.07) is 10.7. The molecule has 6 heteroatoms. The topological polar surface area (TPSA) is 75.3 Å². The van der Waals surface area contributed by atoms with Gasteiger partial charge in [0.15, 0.2) is 5.78 Å². The minimum Gasteiger partial charge on any atom is -0.347 e. The number of aryl methyl sites for hydroxylation is 2. The molecule has 2 amide bonds. The normalized spacial score (nSPS) is 10.4. The van der Waals surface area contributed by atoms with Crippen molar-refractivity contribution in [2.45, 2.75) is 33.6 Å². The number of hydrogen-bond acceptors (Lipinski definition) is 3. The van der Waals surface area contributed by atoms with Gasteiger partial charge >= 0.3 is 0 Å². The molecule has 0 aliphatic rings. The lowest BCUT2D eigenvalue weighted by atomic mass is 10.0.